The van der Waals surface area contributed by atoms with Crippen molar-refractivity contribution in [1.29, 1.82) is 0 Å². The second-order valence-electron chi connectivity index (χ2n) is 5.18. The lowest BCUT2D eigenvalue weighted by atomic mass is 10.2. The quantitative estimate of drug-likeness (QED) is 0.843. The van der Waals surface area contributed by atoms with Gasteiger partial charge >= 0.3 is 0 Å². The van der Waals surface area contributed by atoms with Crippen LogP contribution in [0.1, 0.15) is 5.56 Å². The van der Waals surface area contributed by atoms with Gasteiger partial charge in [0.1, 0.15) is 0 Å². The molecule has 0 saturated carbocycles. The molecule has 1 amide bonds. The van der Waals surface area contributed by atoms with Crippen molar-refractivity contribution in [3.05, 3.63) is 35.1 Å². The molecule has 0 atom stereocenters. The molecule has 4 nitrogen and oxygen atoms in total. The van der Waals surface area contributed by atoms with Gasteiger partial charge in [-0.3, -0.25) is 9.69 Å². The summed E-state index contributed by atoms with van der Waals surface area (Å²) in [6.45, 7) is 3.18. The van der Waals surface area contributed by atoms with Crippen LogP contribution in [0.3, 0.4) is 0 Å². The number of halogens is 4. The van der Waals surface area contributed by atoms with Crippen LogP contribution in [0, 0.1) is 17.5 Å². The van der Waals surface area contributed by atoms with Crippen LogP contribution >= 0.6 is 12.4 Å². The van der Waals surface area contributed by atoms with E-state index in [0.717, 1.165) is 25.2 Å². The predicted molar refractivity (Wildman–Crippen MR) is 79.3 cm³/mol. The molecule has 2 rings (SSSR count). The van der Waals surface area contributed by atoms with Gasteiger partial charge in [-0.2, -0.15) is 0 Å². The second kappa shape index (κ2) is 8.36. The van der Waals surface area contributed by atoms with Crippen LogP contribution in [0.4, 0.5) is 13.2 Å². The molecule has 1 aromatic carbocycles. The topological polar surface area (TPSA) is 35.6 Å². The zero-order chi connectivity index (χ0) is 15.4. The average molecular weight is 338 g/mol. The van der Waals surface area contributed by atoms with Gasteiger partial charge < -0.3 is 10.2 Å². The molecular weight excluding hydrogens is 319 g/mol. The minimum atomic E-state index is -1.47. The number of hydrogen-bond donors (Lipinski definition) is 1. The lowest BCUT2D eigenvalue weighted by Gasteiger charge is -2.29. The van der Waals surface area contributed by atoms with E-state index in [9.17, 15) is 18.0 Å². The maximum Gasteiger partial charge on any atom is 0.236 e. The molecule has 0 radical (unpaired) electrons. The smallest absolute Gasteiger partial charge is 0.236 e. The summed E-state index contributed by atoms with van der Waals surface area (Å²) in [4.78, 5) is 15.4. The number of carbonyl (C=O) groups excluding carboxylic acids is 1. The fraction of sp³-hybridized carbons (Fsp3) is 0.500. The van der Waals surface area contributed by atoms with E-state index < -0.39 is 17.5 Å². The molecule has 1 saturated heterocycles. The number of piperazine rings is 1. The van der Waals surface area contributed by atoms with Crippen molar-refractivity contribution >= 4 is 18.3 Å². The number of nitrogens with one attached hydrogen (secondary N) is 1. The highest BCUT2D eigenvalue weighted by Gasteiger charge is 2.18. The van der Waals surface area contributed by atoms with E-state index in [-0.39, 0.29) is 31.4 Å². The van der Waals surface area contributed by atoms with Crippen LogP contribution in [0.2, 0.25) is 0 Å². The molecular formula is C14H19ClF3N3O. The number of hydrogen-bond acceptors (Lipinski definition) is 3. The molecule has 124 valence electrons. The number of benzene rings is 1. The Kier molecular flexibility index (Phi) is 7.12. The summed E-state index contributed by atoms with van der Waals surface area (Å²) < 4.78 is 39.1. The maximum atomic E-state index is 13.1. The van der Waals surface area contributed by atoms with E-state index in [1.165, 1.54) is 0 Å². The Bertz CT molecular complexity index is 501. The van der Waals surface area contributed by atoms with Crippen LogP contribution in [-0.2, 0) is 11.3 Å². The van der Waals surface area contributed by atoms with Gasteiger partial charge in [-0.15, -0.1) is 12.4 Å². The first-order valence-corrected chi connectivity index (χ1v) is 6.78. The number of amides is 1. The monoisotopic (exact) mass is 337 g/mol. The standard InChI is InChI=1S/C14H18F3N3O.ClH/c1-19(9-13(21)20-4-2-18-3-5-20)8-10-6-11(15)14(17)12(16)7-10;/h6-7,18H,2-5,8-9H2,1H3;1H. The molecule has 1 aliphatic heterocycles. The highest BCUT2D eigenvalue weighted by Crippen LogP contribution is 2.14. The fourth-order valence-corrected chi connectivity index (χ4v) is 2.31. The fourth-order valence-electron chi connectivity index (χ4n) is 2.31. The van der Waals surface area contributed by atoms with Gasteiger partial charge in [0.05, 0.1) is 6.54 Å². The SMILES string of the molecule is CN(CC(=O)N1CCNCC1)Cc1cc(F)c(F)c(F)c1.Cl. The summed E-state index contributed by atoms with van der Waals surface area (Å²) in [5, 5.41) is 3.15. The molecule has 0 aliphatic carbocycles. The first-order chi connectivity index (χ1) is 9.97. The maximum absolute atomic E-state index is 13.1. The van der Waals surface area contributed by atoms with Crippen LogP contribution in [-0.4, -0.2) is 55.5 Å². The van der Waals surface area contributed by atoms with Crippen LogP contribution in [0.5, 0.6) is 0 Å². The number of rotatable bonds is 4. The third-order valence-electron chi connectivity index (χ3n) is 3.37. The van der Waals surface area contributed by atoms with Crippen LogP contribution < -0.4 is 5.32 Å². The van der Waals surface area contributed by atoms with Gasteiger partial charge in [0.25, 0.3) is 0 Å². The van der Waals surface area contributed by atoms with E-state index in [0.29, 0.717) is 18.7 Å². The van der Waals surface area contributed by atoms with Gasteiger partial charge in [0.2, 0.25) is 5.91 Å². The van der Waals surface area contributed by atoms with Gasteiger partial charge in [0, 0.05) is 32.7 Å². The first kappa shape index (κ1) is 18.7. The first-order valence-electron chi connectivity index (χ1n) is 6.78. The Balaban J connectivity index is 0.00000242. The summed E-state index contributed by atoms with van der Waals surface area (Å²) in [6, 6.07) is 1.90. The van der Waals surface area contributed by atoms with Gasteiger partial charge in [0.15, 0.2) is 17.5 Å². The minimum Gasteiger partial charge on any atom is -0.339 e. The summed E-state index contributed by atoms with van der Waals surface area (Å²) in [6.07, 6.45) is 0. The van der Waals surface area contributed by atoms with Crippen molar-refractivity contribution in [1.82, 2.24) is 15.1 Å². The predicted octanol–water partition coefficient (Wildman–Crippen LogP) is 1.39. The summed E-state index contributed by atoms with van der Waals surface area (Å²) in [5.41, 5.74) is 0.294. The van der Waals surface area contributed by atoms with Gasteiger partial charge in [-0.25, -0.2) is 13.2 Å². The van der Waals surface area contributed by atoms with E-state index in [2.05, 4.69) is 5.32 Å². The molecule has 0 unspecified atom stereocenters. The van der Waals surface area contributed by atoms with Crippen molar-refractivity contribution in [3.63, 3.8) is 0 Å². The lowest BCUT2D eigenvalue weighted by molar-refractivity contribution is -0.132. The molecule has 1 fully saturated rings. The van der Waals surface area contributed by atoms with E-state index in [1.54, 1.807) is 16.8 Å². The molecule has 0 bridgehead atoms. The molecule has 1 heterocycles. The molecule has 1 N–H and O–H groups in total. The lowest BCUT2D eigenvalue weighted by Crippen LogP contribution is -2.49. The van der Waals surface area contributed by atoms with Crippen molar-refractivity contribution in [2.45, 2.75) is 6.54 Å². The van der Waals surface area contributed by atoms with Crippen molar-refractivity contribution < 1.29 is 18.0 Å². The highest BCUT2D eigenvalue weighted by molar-refractivity contribution is 5.85. The number of likely N-dealkylation sites (N-methyl/N-ethyl adjacent to an activating group) is 1. The normalized spacial score (nSPS) is 14.9. The van der Waals surface area contributed by atoms with E-state index in [4.69, 9.17) is 0 Å². The zero-order valence-corrected chi connectivity index (χ0v) is 13.1. The zero-order valence-electron chi connectivity index (χ0n) is 12.2. The van der Waals surface area contributed by atoms with E-state index >= 15 is 0 Å². The Hall–Kier alpha value is -1.31. The van der Waals surface area contributed by atoms with Crippen molar-refractivity contribution in [2.75, 3.05) is 39.8 Å². The minimum absolute atomic E-state index is 0. The summed E-state index contributed by atoms with van der Waals surface area (Å²) in [7, 11) is 1.68. The van der Waals surface area contributed by atoms with Crippen LogP contribution in [0.15, 0.2) is 12.1 Å². The largest absolute Gasteiger partial charge is 0.339 e. The molecule has 0 aromatic heterocycles. The Morgan fingerprint density at radius 3 is 2.32 bits per heavy atom. The second-order valence-corrected chi connectivity index (χ2v) is 5.18. The molecule has 1 aliphatic rings. The third-order valence-corrected chi connectivity index (χ3v) is 3.37. The Labute approximate surface area is 133 Å². The molecule has 8 heteroatoms. The van der Waals surface area contributed by atoms with Crippen LogP contribution in [0.25, 0.3) is 0 Å². The van der Waals surface area contributed by atoms with Crippen molar-refractivity contribution in [2.24, 2.45) is 0 Å². The third kappa shape index (κ3) is 4.86. The Morgan fingerprint density at radius 1 is 1.23 bits per heavy atom. The molecule has 0 spiro atoms. The Morgan fingerprint density at radius 2 is 1.77 bits per heavy atom. The summed E-state index contributed by atoms with van der Waals surface area (Å²) >= 11 is 0. The van der Waals surface area contributed by atoms with Gasteiger partial charge in [-0.05, 0) is 24.7 Å². The highest BCUT2D eigenvalue weighted by atomic mass is 35.5. The average Bonchev–Trinajstić information content (AvgIpc) is 2.45. The molecule has 22 heavy (non-hydrogen) atoms. The number of nitrogens with zero attached hydrogens (tertiary/aromatic N) is 2. The molecule has 1 aromatic rings. The summed E-state index contributed by atoms with van der Waals surface area (Å²) in [5.74, 6) is -3.93. The number of carbonyl (C=O) groups is 1. The van der Waals surface area contributed by atoms with E-state index in [1.807, 2.05) is 0 Å². The van der Waals surface area contributed by atoms with Crippen molar-refractivity contribution in [3.8, 4) is 0 Å². The van der Waals surface area contributed by atoms with Gasteiger partial charge in [-0.1, -0.05) is 0 Å².